The van der Waals surface area contributed by atoms with Gasteiger partial charge in [0.05, 0.1) is 5.92 Å². The molecular weight excluding hydrogens is 416 g/mol. The van der Waals surface area contributed by atoms with Crippen molar-refractivity contribution < 1.29 is 19.1 Å². The van der Waals surface area contributed by atoms with Crippen LogP contribution in [0.25, 0.3) is 10.8 Å². The highest BCUT2D eigenvalue weighted by atomic mass is 35.5. The molecule has 0 saturated carbocycles. The molecule has 0 spiro atoms. The zero-order valence-corrected chi connectivity index (χ0v) is 17.7. The molecule has 4 rings (SSSR count). The number of anilines is 2. The van der Waals surface area contributed by atoms with Crippen molar-refractivity contribution in [3.05, 3.63) is 71.2 Å². The number of hydrogen-bond donors (Lipinski definition) is 1. The predicted octanol–water partition coefficient (Wildman–Crippen LogP) is 4.34. The van der Waals surface area contributed by atoms with Gasteiger partial charge in [0, 0.05) is 34.7 Å². The number of carbonyl (C=O) groups excluding carboxylic acids is 3. The highest BCUT2D eigenvalue weighted by molar-refractivity contribution is 6.31. The molecule has 0 aromatic heterocycles. The van der Waals surface area contributed by atoms with E-state index in [0.717, 1.165) is 16.3 Å². The van der Waals surface area contributed by atoms with E-state index in [1.807, 2.05) is 43.3 Å². The molecule has 31 heavy (non-hydrogen) atoms. The molecule has 3 aromatic rings. The Morgan fingerprint density at radius 3 is 2.68 bits per heavy atom. The summed E-state index contributed by atoms with van der Waals surface area (Å²) in [6, 6.07) is 18.6. The molecule has 0 radical (unpaired) electrons. The third-order valence-electron chi connectivity index (χ3n) is 5.40. The van der Waals surface area contributed by atoms with Gasteiger partial charge < -0.3 is 15.0 Å². The molecule has 2 amide bonds. The van der Waals surface area contributed by atoms with Crippen LogP contribution in [-0.4, -0.2) is 30.9 Å². The zero-order valence-electron chi connectivity index (χ0n) is 16.9. The van der Waals surface area contributed by atoms with Gasteiger partial charge in [-0.1, -0.05) is 54.1 Å². The summed E-state index contributed by atoms with van der Waals surface area (Å²) in [6.07, 6.45) is 0.0374. The standard InChI is InChI=1S/C24H21ClN2O4/c1-15-19(25)9-5-11-21(15)27-13-17(12-23(27)29)24(30)31-14-22(28)26-20-10-4-7-16-6-2-3-8-18(16)20/h2-11,17H,12-14H2,1H3,(H,26,28)/t17-/m0/s1. The van der Waals surface area contributed by atoms with E-state index in [2.05, 4.69) is 5.32 Å². The molecule has 1 N–H and O–H groups in total. The Kier molecular flexibility index (Phi) is 5.91. The Balaban J connectivity index is 1.36. The van der Waals surface area contributed by atoms with Crippen molar-refractivity contribution in [3.8, 4) is 0 Å². The predicted molar refractivity (Wildman–Crippen MR) is 120 cm³/mol. The first kappa shape index (κ1) is 20.9. The molecule has 0 bridgehead atoms. The summed E-state index contributed by atoms with van der Waals surface area (Å²) >= 11 is 6.15. The van der Waals surface area contributed by atoms with Crippen molar-refractivity contribution in [2.75, 3.05) is 23.4 Å². The lowest BCUT2D eigenvalue weighted by molar-refractivity contribution is -0.151. The van der Waals surface area contributed by atoms with E-state index in [4.69, 9.17) is 16.3 Å². The molecule has 1 fully saturated rings. The molecule has 6 nitrogen and oxygen atoms in total. The lowest BCUT2D eigenvalue weighted by atomic mass is 10.1. The minimum absolute atomic E-state index is 0.0374. The topological polar surface area (TPSA) is 75.7 Å². The Morgan fingerprint density at radius 1 is 1.10 bits per heavy atom. The van der Waals surface area contributed by atoms with Crippen molar-refractivity contribution in [1.82, 2.24) is 0 Å². The summed E-state index contributed by atoms with van der Waals surface area (Å²) in [4.78, 5) is 38.8. The molecule has 3 aromatic carbocycles. The molecule has 0 aliphatic carbocycles. The molecular formula is C24H21ClN2O4. The average Bonchev–Trinajstić information content (AvgIpc) is 3.16. The number of esters is 1. The van der Waals surface area contributed by atoms with Gasteiger partial charge in [-0.15, -0.1) is 0 Å². The number of ether oxygens (including phenoxy) is 1. The Labute approximate surface area is 184 Å². The van der Waals surface area contributed by atoms with Crippen molar-refractivity contribution >= 4 is 51.5 Å². The van der Waals surface area contributed by atoms with E-state index < -0.39 is 24.4 Å². The second-order valence-corrected chi connectivity index (χ2v) is 7.88. The lowest BCUT2D eigenvalue weighted by Gasteiger charge is -2.19. The molecule has 1 atom stereocenters. The van der Waals surface area contributed by atoms with E-state index >= 15 is 0 Å². The first-order valence-corrected chi connectivity index (χ1v) is 10.3. The monoisotopic (exact) mass is 436 g/mol. The number of hydrogen-bond acceptors (Lipinski definition) is 4. The van der Waals surface area contributed by atoms with Crippen molar-refractivity contribution in [3.63, 3.8) is 0 Å². The zero-order chi connectivity index (χ0) is 22.0. The number of nitrogens with one attached hydrogen (secondary N) is 1. The molecule has 7 heteroatoms. The highest BCUT2D eigenvalue weighted by Gasteiger charge is 2.37. The van der Waals surface area contributed by atoms with Gasteiger partial charge in [0.1, 0.15) is 0 Å². The van der Waals surface area contributed by atoms with Crippen LogP contribution in [0, 0.1) is 12.8 Å². The summed E-state index contributed by atoms with van der Waals surface area (Å²) in [5.74, 6) is -1.80. The van der Waals surface area contributed by atoms with Crippen LogP contribution in [0.1, 0.15) is 12.0 Å². The van der Waals surface area contributed by atoms with Crippen LogP contribution < -0.4 is 10.2 Å². The lowest BCUT2D eigenvalue weighted by Crippen LogP contribution is -2.28. The van der Waals surface area contributed by atoms with Crippen LogP contribution in [0.15, 0.2) is 60.7 Å². The summed E-state index contributed by atoms with van der Waals surface area (Å²) < 4.78 is 5.20. The van der Waals surface area contributed by atoms with Gasteiger partial charge >= 0.3 is 5.97 Å². The Hall–Kier alpha value is -3.38. The molecule has 0 unspecified atom stereocenters. The van der Waals surface area contributed by atoms with Crippen LogP contribution in [0.2, 0.25) is 5.02 Å². The number of rotatable bonds is 5. The van der Waals surface area contributed by atoms with Gasteiger partial charge in [-0.2, -0.15) is 0 Å². The van der Waals surface area contributed by atoms with Crippen LogP contribution in [0.4, 0.5) is 11.4 Å². The van der Waals surface area contributed by atoms with Crippen LogP contribution >= 0.6 is 11.6 Å². The smallest absolute Gasteiger partial charge is 0.311 e. The number of nitrogens with zero attached hydrogens (tertiary/aromatic N) is 1. The summed E-state index contributed by atoms with van der Waals surface area (Å²) in [7, 11) is 0. The van der Waals surface area contributed by atoms with Gasteiger partial charge in [-0.05, 0) is 36.1 Å². The van der Waals surface area contributed by atoms with E-state index in [1.165, 1.54) is 0 Å². The first-order chi connectivity index (χ1) is 14.9. The maximum Gasteiger partial charge on any atom is 0.311 e. The summed E-state index contributed by atoms with van der Waals surface area (Å²) in [6.45, 7) is 1.61. The third kappa shape index (κ3) is 4.39. The van der Waals surface area contributed by atoms with E-state index in [9.17, 15) is 14.4 Å². The van der Waals surface area contributed by atoms with Gasteiger partial charge in [0.25, 0.3) is 5.91 Å². The average molecular weight is 437 g/mol. The second kappa shape index (κ2) is 8.78. The van der Waals surface area contributed by atoms with Gasteiger partial charge in [0.15, 0.2) is 6.61 Å². The van der Waals surface area contributed by atoms with Crippen LogP contribution in [0.3, 0.4) is 0 Å². The quantitative estimate of drug-likeness (QED) is 0.604. The SMILES string of the molecule is Cc1c(Cl)cccc1N1C[C@@H](C(=O)OCC(=O)Nc2cccc3ccccc23)CC1=O. The van der Waals surface area contributed by atoms with Gasteiger partial charge in [-0.25, -0.2) is 0 Å². The normalized spacial score (nSPS) is 15.9. The number of fused-ring (bicyclic) bond motifs is 1. The largest absolute Gasteiger partial charge is 0.455 e. The third-order valence-corrected chi connectivity index (χ3v) is 5.81. The Bertz CT molecular complexity index is 1170. The Morgan fingerprint density at radius 2 is 1.84 bits per heavy atom. The fourth-order valence-electron chi connectivity index (χ4n) is 3.76. The molecule has 1 heterocycles. The van der Waals surface area contributed by atoms with Crippen molar-refractivity contribution in [1.29, 1.82) is 0 Å². The van der Waals surface area contributed by atoms with Gasteiger partial charge in [-0.3, -0.25) is 14.4 Å². The first-order valence-electron chi connectivity index (χ1n) is 9.94. The molecule has 1 aliphatic heterocycles. The number of halogens is 1. The number of benzene rings is 3. The van der Waals surface area contributed by atoms with Crippen LogP contribution in [-0.2, 0) is 19.1 Å². The van der Waals surface area contributed by atoms with Crippen molar-refractivity contribution in [2.24, 2.45) is 5.92 Å². The number of carbonyl (C=O) groups is 3. The fourth-order valence-corrected chi connectivity index (χ4v) is 3.93. The maximum atomic E-state index is 12.5. The summed E-state index contributed by atoms with van der Waals surface area (Å²) in [5.41, 5.74) is 2.11. The maximum absolute atomic E-state index is 12.5. The number of amides is 2. The fraction of sp³-hybridized carbons (Fsp3) is 0.208. The molecule has 1 saturated heterocycles. The molecule has 1 aliphatic rings. The van der Waals surface area contributed by atoms with Crippen molar-refractivity contribution in [2.45, 2.75) is 13.3 Å². The van der Waals surface area contributed by atoms with Crippen LogP contribution in [0.5, 0.6) is 0 Å². The minimum Gasteiger partial charge on any atom is -0.455 e. The van der Waals surface area contributed by atoms with E-state index in [1.54, 1.807) is 29.2 Å². The molecule has 158 valence electrons. The minimum atomic E-state index is -0.628. The highest BCUT2D eigenvalue weighted by Crippen LogP contribution is 2.31. The van der Waals surface area contributed by atoms with E-state index in [0.29, 0.717) is 16.4 Å². The summed E-state index contributed by atoms with van der Waals surface area (Å²) in [5, 5.41) is 5.24. The van der Waals surface area contributed by atoms with Gasteiger partial charge in [0.2, 0.25) is 5.91 Å². The second-order valence-electron chi connectivity index (χ2n) is 7.47. The van der Waals surface area contributed by atoms with E-state index in [-0.39, 0.29) is 18.9 Å².